The van der Waals surface area contributed by atoms with Crippen LogP contribution in [0.25, 0.3) is 22.8 Å². The number of aromatic nitrogens is 8. The van der Waals surface area contributed by atoms with Gasteiger partial charge in [0, 0.05) is 60.5 Å². The number of quaternary nitrogens is 1. The van der Waals surface area contributed by atoms with Crippen molar-refractivity contribution in [2.75, 3.05) is 36.8 Å². The summed E-state index contributed by atoms with van der Waals surface area (Å²) < 4.78 is 5.44. The first-order chi connectivity index (χ1) is 21.6. The molecule has 2 fully saturated rings. The second-order valence-electron chi connectivity index (χ2n) is 12.5. The Labute approximate surface area is 276 Å². The number of piperidine rings is 2. The summed E-state index contributed by atoms with van der Waals surface area (Å²) in [6, 6.07) is 17.2. The van der Waals surface area contributed by atoms with Crippen molar-refractivity contribution in [2.45, 2.75) is 64.1 Å². The number of amides is 1. The zero-order valence-electron chi connectivity index (χ0n) is 27.2. The van der Waals surface area contributed by atoms with Gasteiger partial charge >= 0.3 is 6.09 Å². The van der Waals surface area contributed by atoms with E-state index in [1.807, 2.05) is 57.2 Å². The fourth-order valence-corrected chi connectivity index (χ4v) is 5.31. The van der Waals surface area contributed by atoms with Crippen molar-refractivity contribution in [1.29, 1.82) is 0 Å². The summed E-state index contributed by atoms with van der Waals surface area (Å²) >= 11 is 0. The normalized spacial score (nSPS) is 15.7. The number of aryl methyl sites for hydroxylation is 2. The Morgan fingerprint density at radius 3 is 1.59 bits per heavy atom. The number of nitrogens with one attached hydrogen (secondary N) is 2. The highest BCUT2D eigenvalue weighted by Crippen LogP contribution is 2.22. The number of hydrogen-bond acceptors (Lipinski definition) is 10. The maximum Gasteiger partial charge on any atom is 0.410 e. The van der Waals surface area contributed by atoms with Crippen LogP contribution in [0.2, 0.25) is 0 Å². The van der Waals surface area contributed by atoms with Crippen LogP contribution in [-0.2, 0) is 18.8 Å². The maximum atomic E-state index is 12.1. The van der Waals surface area contributed by atoms with Gasteiger partial charge in [0.1, 0.15) is 5.60 Å². The van der Waals surface area contributed by atoms with E-state index in [0.29, 0.717) is 36.8 Å². The van der Waals surface area contributed by atoms with E-state index in [1.165, 1.54) is 41.2 Å². The van der Waals surface area contributed by atoms with Crippen LogP contribution in [0.15, 0.2) is 48.5 Å². The molecule has 0 bridgehead atoms. The predicted molar refractivity (Wildman–Crippen MR) is 171 cm³/mol. The lowest BCUT2D eigenvalue weighted by atomic mass is 10.0. The average Bonchev–Trinajstić information content (AvgIpc) is 3.66. The van der Waals surface area contributed by atoms with Crippen LogP contribution < -0.4 is 28.4 Å². The minimum Gasteiger partial charge on any atom is -1.00 e. The van der Waals surface area contributed by atoms with E-state index >= 15 is 0 Å². The smallest absolute Gasteiger partial charge is 0.410 e. The number of carbonyl (C=O) groups is 1. The first-order valence-electron chi connectivity index (χ1n) is 15.6. The molecule has 0 spiro atoms. The van der Waals surface area contributed by atoms with E-state index in [4.69, 9.17) is 4.74 Å². The average molecular weight is 653 g/mol. The van der Waals surface area contributed by atoms with Crippen LogP contribution in [0.1, 0.15) is 46.5 Å². The minimum atomic E-state index is -0.452. The molecule has 0 unspecified atom stereocenters. The molecule has 2 aromatic heterocycles. The molecule has 4 aromatic rings. The van der Waals surface area contributed by atoms with Crippen molar-refractivity contribution < 1.29 is 27.3 Å². The predicted octanol–water partition coefficient (Wildman–Crippen LogP) is -0.293. The van der Waals surface area contributed by atoms with Gasteiger partial charge in [-0.15, -0.1) is 20.4 Å². The Morgan fingerprint density at radius 2 is 1.20 bits per heavy atom. The van der Waals surface area contributed by atoms with Crippen molar-refractivity contribution in [2.24, 2.45) is 14.1 Å². The van der Waals surface area contributed by atoms with Gasteiger partial charge < -0.3 is 38.0 Å². The number of rotatable bonds is 6. The van der Waals surface area contributed by atoms with E-state index in [1.54, 1.807) is 19.0 Å². The zero-order valence-corrected chi connectivity index (χ0v) is 28.0. The van der Waals surface area contributed by atoms with Crippen LogP contribution in [0.3, 0.4) is 0 Å². The summed E-state index contributed by atoms with van der Waals surface area (Å²) in [6.45, 7) is 9.51. The molecular formula is C31H45ClN12O2. The van der Waals surface area contributed by atoms with Gasteiger partial charge in [0.05, 0.1) is 27.2 Å². The number of ether oxygens (including phenoxy) is 1. The first-order valence-corrected chi connectivity index (χ1v) is 15.6. The summed E-state index contributed by atoms with van der Waals surface area (Å²) in [5.74, 6) is 1.28. The van der Waals surface area contributed by atoms with Crippen molar-refractivity contribution in [3.63, 3.8) is 0 Å². The van der Waals surface area contributed by atoms with Gasteiger partial charge in [0.2, 0.25) is 11.6 Å². The van der Waals surface area contributed by atoms with Crippen LogP contribution in [-0.4, -0.2) is 95.3 Å². The minimum absolute atomic E-state index is 0. The number of carbonyl (C=O) groups excluding carboxylic acids is 1. The summed E-state index contributed by atoms with van der Waals surface area (Å²) in [4.78, 5) is 16.8. The number of likely N-dealkylation sites (tertiary alicyclic amines) is 1. The highest BCUT2D eigenvalue weighted by Gasteiger charge is 2.26. The number of halogens is 1. The summed E-state index contributed by atoms with van der Waals surface area (Å²) in [6.07, 6.45) is 4.03. The van der Waals surface area contributed by atoms with Gasteiger partial charge in [0.25, 0.3) is 0 Å². The maximum absolute atomic E-state index is 12.1. The largest absolute Gasteiger partial charge is 1.00 e. The topological polar surface area (TPSA) is 157 Å². The standard InChI is InChI=1S/C18H26N6O2.C13H18N6.ClH/c1-18(2,3)26-17(25)24-11-9-15(10-12-24)19-14-7-5-13(6-8-14)16-20-22-23(4)21-16;1-19-17-13(16-18-19)10-2-4-11(5-3-10)15-12-6-8-14-9-7-12;/h5-8,15,19H,9-12H2,1-4H3;2-5,12,14-15H,6-9H2,1H3;1H. The second kappa shape index (κ2) is 15.8. The molecule has 2 saturated heterocycles. The molecule has 0 aliphatic carbocycles. The van der Waals surface area contributed by atoms with E-state index in [9.17, 15) is 4.79 Å². The van der Waals surface area contributed by atoms with Gasteiger partial charge in [0.15, 0.2) is 0 Å². The molecule has 248 valence electrons. The molecule has 2 aromatic carbocycles. The monoisotopic (exact) mass is 652 g/mol. The Hall–Kier alpha value is -4.30. The molecule has 1 amide bonds. The van der Waals surface area contributed by atoms with Crippen LogP contribution >= 0.6 is 0 Å². The molecule has 0 atom stereocenters. The summed E-state index contributed by atoms with van der Waals surface area (Å²) in [7, 11) is 3.52. The van der Waals surface area contributed by atoms with Gasteiger partial charge in [-0.3, -0.25) is 0 Å². The number of nitrogens with two attached hydrogens (primary N) is 1. The van der Waals surface area contributed by atoms with Crippen LogP contribution in [0, 0.1) is 0 Å². The van der Waals surface area contributed by atoms with Crippen LogP contribution in [0.5, 0.6) is 0 Å². The van der Waals surface area contributed by atoms with Crippen molar-refractivity contribution in [3.05, 3.63) is 48.5 Å². The van der Waals surface area contributed by atoms with Gasteiger partial charge in [-0.2, -0.15) is 9.59 Å². The van der Waals surface area contributed by atoms with Crippen molar-refractivity contribution >= 4 is 17.5 Å². The first kappa shape index (κ1) is 34.6. The molecule has 6 rings (SSSR count). The summed E-state index contributed by atoms with van der Waals surface area (Å²) in [5, 5.41) is 33.6. The lowest BCUT2D eigenvalue weighted by molar-refractivity contribution is -0.662. The number of benzene rings is 2. The van der Waals surface area contributed by atoms with Gasteiger partial charge in [-0.05, 0) is 92.6 Å². The number of hydrogen-bond donors (Lipinski definition) is 3. The van der Waals surface area contributed by atoms with Crippen molar-refractivity contribution in [3.8, 4) is 22.8 Å². The quantitative estimate of drug-likeness (QED) is 0.253. The molecule has 0 radical (unpaired) electrons. The number of nitrogens with zero attached hydrogens (tertiary/aromatic N) is 9. The third-order valence-electron chi connectivity index (χ3n) is 7.63. The zero-order chi connectivity index (χ0) is 31.8. The molecule has 0 saturated carbocycles. The van der Waals surface area contributed by atoms with E-state index in [-0.39, 0.29) is 18.5 Å². The Morgan fingerprint density at radius 1 is 0.761 bits per heavy atom. The molecule has 15 heteroatoms. The van der Waals surface area contributed by atoms with E-state index in [0.717, 1.165) is 29.7 Å². The van der Waals surface area contributed by atoms with Crippen LogP contribution in [0.4, 0.5) is 16.2 Å². The van der Waals surface area contributed by atoms with Gasteiger partial charge in [-0.1, -0.05) is 0 Å². The lowest BCUT2D eigenvalue weighted by Crippen LogP contribution is -3.00. The van der Waals surface area contributed by atoms with Crippen molar-refractivity contribution in [1.82, 2.24) is 45.3 Å². The molecule has 2 aliphatic rings. The molecule has 46 heavy (non-hydrogen) atoms. The molecule has 4 N–H and O–H groups in total. The third kappa shape index (κ3) is 10.1. The fourth-order valence-electron chi connectivity index (χ4n) is 5.31. The lowest BCUT2D eigenvalue weighted by Gasteiger charge is -2.34. The Balaban J connectivity index is 0.000000213. The van der Waals surface area contributed by atoms with E-state index in [2.05, 4.69) is 58.9 Å². The summed E-state index contributed by atoms with van der Waals surface area (Å²) in [5.41, 5.74) is 3.69. The molecular weight excluding hydrogens is 608 g/mol. The Kier molecular flexibility index (Phi) is 11.9. The molecule has 4 heterocycles. The van der Waals surface area contributed by atoms with E-state index < -0.39 is 5.60 Å². The van der Waals surface area contributed by atoms with Gasteiger partial charge in [-0.25, -0.2) is 4.79 Å². The third-order valence-corrected chi connectivity index (χ3v) is 7.63. The second-order valence-corrected chi connectivity index (χ2v) is 12.5. The molecule has 14 nitrogen and oxygen atoms in total. The fraction of sp³-hybridized carbons (Fsp3) is 0.516. The highest BCUT2D eigenvalue weighted by atomic mass is 35.5. The highest BCUT2D eigenvalue weighted by molar-refractivity contribution is 5.68. The Bertz CT molecular complexity index is 1500. The SMILES string of the molecule is Cn1nnc(-c2ccc(NC3CCN(C(=O)OC(C)(C)C)CC3)cc2)n1.Cn1nnc(-c2ccc(NC3CC[NH2+]CC3)cc2)n1.[Cl-]. The number of tetrazole rings is 2. The molecule has 2 aliphatic heterocycles. The number of anilines is 2.